The molecule has 1 saturated heterocycles. The number of anilines is 1. The molecule has 23 heavy (non-hydrogen) atoms. The highest BCUT2D eigenvalue weighted by atomic mass is 16.3. The topological polar surface area (TPSA) is 52.6 Å². The molecule has 0 aromatic heterocycles. The third-order valence-electron chi connectivity index (χ3n) is 3.98. The number of para-hydroxylation sites is 1. The van der Waals surface area contributed by atoms with E-state index in [4.69, 9.17) is 0 Å². The summed E-state index contributed by atoms with van der Waals surface area (Å²) >= 11 is 0. The van der Waals surface area contributed by atoms with Gasteiger partial charge in [-0.1, -0.05) is 18.2 Å². The molecule has 3 rings (SSSR count). The van der Waals surface area contributed by atoms with Crippen molar-refractivity contribution in [3.05, 3.63) is 65.7 Å². The van der Waals surface area contributed by atoms with Crippen molar-refractivity contribution in [2.75, 3.05) is 31.1 Å². The summed E-state index contributed by atoms with van der Waals surface area (Å²) in [4.78, 5) is 14.5. The van der Waals surface area contributed by atoms with E-state index >= 15 is 0 Å². The van der Waals surface area contributed by atoms with Crippen LogP contribution >= 0.6 is 0 Å². The predicted molar refractivity (Wildman–Crippen MR) is 93.0 cm³/mol. The molecular formula is C19H20N2O2. The van der Waals surface area contributed by atoms with E-state index in [1.165, 1.54) is 6.08 Å². The molecule has 0 spiro atoms. The Balaban J connectivity index is 1.69. The molecule has 0 amide bonds. The molecule has 1 aliphatic heterocycles. The average molecular weight is 308 g/mol. The van der Waals surface area contributed by atoms with Gasteiger partial charge in [0.25, 0.3) is 0 Å². The molecule has 0 unspecified atom stereocenters. The first-order valence-corrected chi connectivity index (χ1v) is 7.80. The monoisotopic (exact) mass is 308 g/mol. The van der Waals surface area contributed by atoms with Gasteiger partial charge in [0, 0.05) is 43.0 Å². The highest BCUT2D eigenvalue weighted by Crippen LogP contribution is 2.19. The van der Waals surface area contributed by atoms with Gasteiger partial charge in [0.1, 0.15) is 5.75 Å². The zero-order valence-corrected chi connectivity index (χ0v) is 12.9. The van der Waals surface area contributed by atoms with Crippen LogP contribution in [0, 0.1) is 0 Å². The quantitative estimate of drug-likeness (QED) is 0.673. The summed E-state index contributed by atoms with van der Waals surface area (Å²) in [6.45, 7) is 3.95. The molecule has 1 aliphatic rings. The summed E-state index contributed by atoms with van der Waals surface area (Å²) in [6.07, 6.45) is 3.14. The second-order valence-electron chi connectivity index (χ2n) is 5.54. The predicted octanol–water partition coefficient (Wildman–Crippen LogP) is 2.70. The molecule has 0 aliphatic carbocycles. The van der Waals surface area contributed by atoms with Gasteiger partial charge in [-0.3, -0.25) is 4.79 Å². The van der Waals surface area contributed by atoms with Crippen molar-refractivity contribution in [2.24, 2.45) is 0 Å². The van der Waals surface area contributed by atoms with Crippen LogP contribution in [0.1, 0.15) is 15.9 Å². The van der Waals surface area contributed by atoms with E-state index < -0.39 is 0 Å². The van der Waals surface area contributed by atoms with Crippen LogP contribution in [-0.4, -0.2) is 37.1 Å². The van der Waals surface area contributed by atoms with Crippen molar-refractivity contribution in [1.82, 2.24) is 5.32 Å². The number of piperazine rings is 1. The van der Waals surface area contributed by atoms with E-state index in [1.54, 1.807) is 24.3 Å². The number of aromatic hydroxyl groups is 1. The summed E-state index contributed by atoms with van der Waals surface area (Å²) in [7, 11) is 0. The number of ketones is 1. The number of benzene rings is 2. The Morgan fingerprint density at radius 3 is 2.43 bits per heavy atom. The van der Waals surface area contributed by atoms with E-state index in [9.17, 15) is 9.90 Å². The smallest absolute Gasteiger partial charge is 0.185 e. The molecule has 4 heteroatoms. The number of phenolic OH excluding ortho intramolecular Hbond substituents is 1. The summed E-state index contributed by atoms with van der Waals surface area (Å²) < 4.78 is 0. The SMILES string of the molecule is O=C(C=Cc1ccccc1O)c1ccc(N2CCNCC2)cc1. The highest BCUT2D eigenvalue weighted by molar-refractivity contribution is 6.07. The first-order valence-electron chi connectivity index (χ1n) is 7.80. The fourth-order valence-corrected chi connectivity index (χ4v) is 2.65. The van der Waals surface area contributed by atoms with Gasteiger partial charge in [-0.15, -0.1) is 0 Å². The number of rotatable bonds is 4. The lowest BCUT2D eigenvalue weighted by Crippen LogP contribution is -2.43. The fraction of sp³-hybridized carbons (Fsp3) is 0.211. The standard InChI is InChI=1S/C19H20N2O2/c22-18-4-2-1-3-15(18)7-10-19(23)16-5-8-17(9-6-16)21-13-11-20-12-14-21/h1-10,20,22H,11-14H2. The maximum absolute atomic E-state index is 12.2. The lowest BCUT2D eigenvalue weighted by molar-refractivity contribution is 0.104. The Morgan fingerprint density at radius 2 is 1.74 bits per heavy atom. The van der Waals surface area contributed by atoms with E-state index in [1.807, 2.05) is 30.3 Å². The number of carbonyl (C=O) groups excluding carboxylic acids is 1. The maximum Gasteiger partial charge on any atom is 0.185 e. The van der Waals surface area contributed by atoms with Gasteiger partial charge in [0.05, 0.1) is 0 Å². The van der Waals surface area contributed by atoms with Crippen molar-refractivity contribution in [3.8, 4) is 5.75 Å². The van der Waals surface area contributed by atoms with E-state index in [2.05, 4.69) is 10.2 Å². The fourth-order valence-electron chi connectivity index (χ4n) is 2.65. The summed E-state index contributed by atoms with van der Waals surface area (Å²) in [5.41, 5.74) is 2.43. The van der Waals surface area contributed by atoms with Crippen molar-refractivity contribution in [3.63, 3.8) is 0 Å². The molecule has 118 valence electrons. The highest BCUT2D eigenvalue weighted by Gasteiger charge is 2.10. The van der Waals surface area contributed by atoms with Gasteiger partial charge in [-0.05, 0) is 42.5 Å². The summed E-state index contributed by atoms with van der Waals surface area (Å²) in [5.74, 6) is 0.103. The molecule has 0 radical (unpaired) electrons. The number of allylic oxidation sites excluding steroid dienone is 1. The number of nitrogens with one attached hydrogen (secondary N) is 1. The Kier molecular flexibility index (Phi) is 4.74. The van der Waals surface area contributed by atoms with Crippen molar-refractivity contribution >= 4 is 17.5 Å². The van der Waals surface area contributed by atoms with Crippen molar-refractivity contribution < 1.29 is 9.90 Å². The number of carbonyl (C=O) groups is 1. The van der Waals surface area contributed by atoms with Crippen LogP contribution in [0.2, 0.25) is 0 Å². The number of nitrogens with zero attached hydrogens (tertiary/aromatic N) is 1. The van der Waals surface area contributed by atoms with Crippen LogP contribution in [-0.2, 0) is 0 Å². The van der Waals surface area contributed by atoms with Gasteiger partial charge in [-0.25, -0.2) is 0 Å². The normalized spacial score (nSPS) is 15.0. The van der Waals surface area contributed by atoms with E-state index in [0.29, 0.717) is 11.1 Å². The van der Waals surface area contributed by atoms with Crippen LogP contribution in [0.15, 0.2) is 54.6 Å². The Bertz CT molecular complexity index is 702. The minimum atomic E-state index is -0.0693. The lowest BCUT2D eigenvalue weighted by atomic mass is 10.1. The first kappa shape index (κ1) is 15.3. The maximum atomic E-state index is 12.2. The minimum absolute atomic E-state index is 0.0693. The Hall–Kier alpha value is -2.59. The van der Waals surface area contributed by atoms with Crippen molar-refractivity contribution in [1.29, 1.82) is 0 Å². The second kappa shape index (κ2) is 7.11. The van der Waals surface area contributed by atoms with Crippen LogP contribution < -0.4 is 10.2 Å². The molecule has 4 nitrogen and oxygen atoms in total. The van der Waals surface area contributed by atoms with Gasteiger partial charge in [0.15, 0.2) is 5.78 Å². The largest absolute Gasteiger partial charge is 0.507 e. The number of hydrogen-bond donors (Lipinski definition) is 2. The molecule has 0 atom stereocenters. The van der Waals surface area contributed by atoms with Gasteiger partial charge in [0.2, 0.25) is 0 Å². The Morgan fingerprint density at radius 1 is 1.04 bits per heavy atom. The third kappa shape index (κ3) is 3.79. The number of phenols is 1. The molecule has 2 aromatic carbocycles. The van der Waals surface area contributed by atoms with E-state index in [0.717, 1.165) is 31.9 Å². The third-order valence-corrected chi connectivity index (χ3v) is 3.98. The van der Waals surface area contributed by atoms with Crippen molar-refractivity contribution in [2.45, 2.75) is 0 Å². The lowest BCUT2D eigenvalue weighted by Gasteiger charge is -2.29. The molecule has 0 saturated carbocycles. The van der Waals surface area contributed by atoms with Crippen LogP contribution in [0.25, 0.3) is 6.08 Å². The molecule has 0 bridgehead atoms. The van der Waals surface area contributed by atoms with Crippen LogP contribution in [0.3, 0.4) is 0 Å². The van der Waals surface area contributed by atoms with Crippen LogP contribution in [0.4, 0.5) is 5.69 Å². The molecular weight excluding hydrogens is 288 g/mol. The Labute approximate surface area is 136 Å². The minimum Gasteiger partial charge on any atom is -0.507 e. The number of hydrogen-bond acceptors (Lipinski definition) is 4. The molecule has 1 fully saturated rings. The summed E-state index contributed by atoms with van der Waals surface area (Å²) in [6, 6.07) is 14.6. The van der Waals surface area contributed by atoms with Gasteiger partial charge in [-0.2, -0.15) is 0 Å². The zero-order valence-electron chi connectivity index (χ0n) is 12.9. The summed E-state index contributed by atoms with van der Waals surface area (Å²) in [5, 5.41) is 13.0. The first-order chi connectivity index (χ1) is 11.2. The zero-order chi connectivity index (χ0) is 16.1. The molecule has 2 aromatic rings. The second-order valence-corrected chi connectivity index (χ2v) is 5.54. The van der Waals surface area contributed by atoms with Crippen LogP contribution in [0.5, 0.6) is 5.75 Å². The average Bonchev–Trinajstić information content (AvgIpc) is 2.62. The van der Waals surface area contributed by atoms with Gasteiger partial charge < -0.3 is 15.3 Å². The molecule has 2 N–H and O–H groups in total. The van der Waals surface area contributed by atoms with E-state index in [-0.39, 0.29) is 11.5 Å². The van der Waals surface area contributed by atoms with Gasteiger partial charge >= 0.3 is 0 Å². The molecule has 1 heterocycles.